The first-order valence-corrected chi connectivity index (χ1v) is 6.88. The van der Waals surface area contributed by atoms with Gasteiger partial charge in [-0.25, -0.2) is 17.6 Å². The smallest absolute Gasteiger partial charge is 0.198 e. The van der Waals surface area contributed by atoms with E-state index in [9.17, 15) is 17.6 Å². The molecule has 0 spiro atoms. The van der Waals surface area contributed by atoms with Crippen molar-refractivity contribution in [2.45, 2.75) is 11.8 Å². The molecule has 0 aliphatic carbocycles. The highest BCUT2D eigenvalue weighted by Crippen LogP contribution is 2.39. The summed E-state index contributed by atoms with van der Waals surface area (Å²) < 4.78 is 56.6. The molecule has 0 N–H and O–H groups in total. The van der Waals surface area contributed by atoms with Crippen LogP contribution in [0.15, 0.2) is 29.2 Å². The first kappa shape index (κ1) is 15.9. The van der Waals surface area contributed by atoms with E-state index in [0.717, 1.165) is 17.5 Å². The van der Waals surface area contributed by atoms with Crippen molar-refractivity contribution in [3.05, 3.63) is 53.1 Å². The zero-order valence-electron chi connectivity index (χ0n) is 11.7. The first-order valence-electron chi connectivity index (χ1n) is 6.11. The lowest BCUT2D eigenvalue weighted by Crippen LogP contribution is -2.07. The van der Waals surface area contributed by atoms with Gasteiger partial charge in [0, 0.05) is 5.56 Å². The molecule has 0 saturated carbocycles. The second-order valence-corrected chi connectivity index (χ2v) is 6.05. The second-order valence-electron chi connectivity index (χ2n) is 4.73. The summed E-state index contributed by atoms with van der Waals surface area (Å²) >= 11 is 0.799. The maximum atomic E-state index is 14.1. The topological polar surface area (TPSA) is 3.24 Å². The monoisotopic (exact) mass is 315 g/mol. The molecule has 2 aromatic carbocycles. The van der Waals surface area contributed by atoms with E-state index < -0.39 is 23.3 Å². The fourth-order valence-corrected chi connectivity index (χ4v) is 2.69. The minimum absolute atomic E-state index is 0.273. The maximum Gasteiger partial charge on any atom is 0.198 e. The molecule has 0 radical (unpaired) electrons. The van der Waals surface area contributed by atoms with Crippen LogP contribution in [0.4, 0.5) is 17.6 Å². The molecule has 1 nitrogen and oxygen atoms in total. The minimum Gasteiger partial charge on any atom is -0.252 e. The van der Waals surface area contributed by atoms with Crippen molar-refractivity contribution in [2.75, 3.05) is 14.1 Å². The third-order valence-corrected chi connectivity index (χ3v) is 3.77. The maximum absolute atomic E-state index is 14.1. The minimum atomic E-state index is -1.80. The van der Waals surface area contributed by atoms with Crippen LogP contribution in [0.25, 0.3) is 11.1 Å². The van der Waals surface area contributed by atoms with Crippen LogP contribution < -0.4 is 0 Å². The van der Waals surface area contributed by atoms with Crippen molar-refractivity contribution in [1.82, 2.24) is 4.31 Å². The van der Waals surface area contributed by atoms with Crippen molar-refractivity contribution in [2.24, 2.45) is 0 Å². The third-order valence-electron chi connectivity index (χ3n) is 2.84. The zero-order chi connectivity index (χ0) is 15.7. The molecule has 0 aliphatic rings. The molecule has 21 heavy (non-hydrogen) atoms. The second kappa shape index (κ2) is 6.07. The number of rotatable bonds is 3. The summed E-state index contributed by atoms with van der Waals surface area (Å²) in [6, 6.07) is 6.48. The highest BCUT2D eigenvalue weighted by molar-refractivity contribution is 7.97. The number of nitrogens with zero attached hydrogens (tertiary/aromatic N) is 1. The van der Waals surface area contributed by atoms with E-state index in [4.69, 9.17) is 0 Å². The largest absolute Gasteiger partial charge is 0.252 e. The molecule has 0 aliphatic heterocycles. The molecule has 2 rings (SSSR count). The van der Waals surface area contributed by atoms with Gasteiger partial charge in [-0.2, -0.15) is 0 Å². The number of halogens is 4. The highest BCUT2D eigenvalue weighted by Gasteiger charge is 2.27. The summed E-state index contributed by atoms with van der Waals surface area (Å²) in [6.45, 7) is 1.83. The van der Waals surface area contributed by atoms with Gasteiger partial charge in [-0.15, -0.1) is 0 Å². The molecule has 112 valence electrons. The Labute approximate surface area is 124 Å². The van der Waals surface area contributed by atoms with Gasteiger partial charge >= 0.3 is 0 Å². The number of hydrogen-bond donors (Lipinski definition) is 0. The quantitative estimate of drug-likeness (QED) is 0.347. The van der Waals surface area contributed by atoms with Crippen LogP contribution in [-0.2, 0) is 0 Å². The molecule has 0 heterocycles. The summed E-state index contributed by atoms with van der Waals surface area (Å²) in [7, 11) is 3.20. The molecule has 0 aromatic heterocycles. The van der Waals surface area contributed by atoms with Crippen LogP contribution in [0.1, 0.15) is 5.56 Å². The van der Waals surface area contributed by atoms with Gasteiger partial charge in [0.05, 0.1) is 4.90 Å². The summed E-state index contributed by atoms with van der Waals surface area (Å²) in [4.78, 5) is -0.278. The number of benzene rings is 2. The van der Waals surface area contributed by atoms with E-state index in [-0.39, 0.29) is 10.5 Å². The standard InChI is InChI=1S/C15H13F4NS/c1-8-4-6-9(7-5-8)10-11(16)12(17)13(18)14(19)15(10)21-20(2)3/h4-7H,1-3H3. The Morgan fingerprint density at radius 3 is 1.86 bits per heavy atom. The molecule has 2 aromatic rings. The highest BCUT2D eigenvalue weighted by atomic mass is 32.2. The van der Waals surface area contributed by atoms with E-state index >= 15 is 0 Å². The molecule has 0 bridgehead atoms. The Hall–Kier alpha value is -1.53. The van der Waals surface area contributed by atoms with Crippen molar-refractivity contribution >= 4 is 11.9 Å². The van der Waals surface area contributed by atoms with Crippen LogP contribution in [0.2, 0.25) is 0 Å². The van der Waals surface area contributed by atoms with Crippen LogP contribution in [0.3, 0.4) is 0 Å². The van der Waals surface area contributed by atoms with Crippen LogP contribution in [-0.4, -0.2) is 18.4 Å². The summed E-state index contributed by atoms with van der Waals surface area (Å²) in [6.07, 6.45) is 0. The molecule has 0 unspecified atom stereocenters. The molecule has 0 fully saturated rings. The summed E-state index contributed by atoms with van der Waals surface area (Å²) in [5.74, 6) is -6.37. The van der Waals surface area contributed by atoms with Gasteiger partial charge < -0.3 is 0 Å². The summed E-state index contributed by atoms with van der Waals surface area (Å²) in [5, 5.41) is 0. The molecule has 6 heteroatoms. The molecular formula is C15H13F4NS. The fourth-order valence-electron chi connectivity index (χ4n) is 1.86. The normalized spacial score (nSPS) is 11.2. The SMILES string of the molecule is Cc1ccc(-c2c(F)c(F)c(F)c(F)c2SN(C)C)cc1. The van der Waals surface area contributed by atoms with E-state index in [1.54, 1.807) is 38.4 Å². The van der Waals surface area contributed by atoms with Crippen molar-refractivity contribution in [3.8, 4) is 11.1 Å². The van der Waals surface area contributed by atoms with E-state index in [1.165, 1.54) is 4.31 Å². The Morgan fingerprint density at radius 1 is 0.810 bits per heavy atom. The van der Waals surface area contributed by atoms with Crippen LogP contribution in [0, 0.1) is 30.2 Å². The molecular weight excluding hydrogens is 302 g/mol. The average Bonchev–Trinajstić information content (AvgIpc) is 2.44. The van der Waals surface area contributed by atoms with Crippen molar-refractivity contribution in [3.63, 3.8) is 0 Å². The molecule has 0 saturated heterocycles. The summed E-state index contributed by atoms with van der Waals surface area (Å²) in [5.41, 5.74) is 0.939. The first-order chi connectivity index (χ1) is 9.82. The van der Waals surface area contributed by atoms with Gasteiger partial charge in [-0.05, 0) is 38.5 Å². The third kappa shape index (κ3) is 3.06. The Morgan fingerprint density at radius 2 is 1.33 bits per heavy atom. The van der Waals surface area contributed by atoms with Gasteiger partial charge in [0.25, 0.3) is 0 Å². The number of hydrogen-bond acceptors (Lipinski definition) is 2. The van der Waals surface area contributed by atoms with E-state index in [1.807, 2.05) is 6.92 Å². The number of aryl methyl sites for hydroxylation is 1. The average molecular weight is 315 g/mol. The lowest BCUT2D eigenvalue weighted by Gasteiger charge is -2.16. The van der Waals surface area contributed by atoms with Crippen LogP contribution >= 0.6 is 11.9 Å². The van der Waals surface area contributed by atoms with Gasteiger partial charge in [0.15, 0.2) is 23.3 Å². The van der Waals surface area contributed by atoms with Crippen molar-refractivity contribution in [1.29, 1.82) is 0 Å². The molecule has 0 atom stereocenters. The fraction of sp³-hybridized carbons (Fsp3) is 0.200. The lowest BCUT2D eigenvalue weighted by atomic mass is 10.0. The van der Waals surface area contributed by atoms with Gasteiger partial charge in [0.1, 0.15) is 0 Å². The van der Waals surface area contributed by atoms with Gasteiger partial charge in [-0.1, -0.05) is 29.8 Å². The van der Waals surface area contributed by atoms with E-state index in [2.05, 4.69) is 0 Å². The predicted octanol–water partition coefficient (Wildman–Crippen LogP) is 4.79. The predicted molar refractivity (Wildman–Crippen MR) is 76.0 cm³/mol. The van der Waals surface area contributed by atoms with Gasteiger partial charge in [0.2, 0.25) is 0 Å². The Kier molecular flexibility index (Phi) is 4.58. The lowest BCUT2D eigenvalue weighted by molar-refractivity contribution is 0.400. The van der Waals surface area contributed by atoms with E-state index in [0.29, 0.717) is 5.56 Å². The van der Waals surface area contributed by atoms with Gasteiger partial charge in [-0.3, -0.25) is 4.31 Å². The Balaban J connectivity index is 2.75. The van der Waals surface area contributed by atoms with Crippen molar-refractivity contribution < 1.29 is 17.6 Å². The molecule has 0 amide bonds. The van der Waals surface area contributed by atoms with Crippen LogP contribution in [0.5, 0.6) is 0 Å². The Bertz CT molecular complexity index is 669. The zero-order valence-corrected chi connectivity index (χ0v) is 12.5.